The number of nitrogens with one attached hydrogen (secondary N) is 3. The summed E-state index contributed by atoms with van der Waals surface area (Å²) in [5, 5.41) is 43.6. The maximum atomic E-state index is 13.2. The second-order valence-electron chi connectivity index (χ2n) is 12.4. The molecule has 5 aromatic rings. The van der Waals surface area contributed by atoms with E-state index < -0.39 is 144 Å². The molecule has 26 nitrogen and oxygen atoms in total. The Kier molecular flexibility index (Phi) is 13.0. The molecule has 0 aliphatic heterocycles. The van der Waals surface area contributed by atoms with Gasteiger partial charge in [0.1, 0.15) is 21.2 Å². The van der Waals surface area contributed by atoms with Gasteiger partial charge in [0, 0.05) is 23.7 Å². The zero-order valence-electron chi connectivity index (χ0n) is 30.5. The van der Waals surface area contributed by atoms with E-state index in [1.807, 2.05) is 0 Å². The third-order valence-electron chi connectivity index (χ3n) is 8.21. The average Bonchev–Trinajstić information content (AvgIpc) is 3.12. The molecule has 0 radical (unpaired) electrons. The minimum Gasteiger partial charge on any atom is -0.505 e. The number of hydrogen-bond donors (Lipinski definition) is 10. The monoisotopic (exact) mass is 982 g/mol. The van der Waals surface area contributed by atoms with Crippen LogP contribution >= 0.6 is 11.6 Å². The largest absolute Gasteiger partial charge is 0.505 e. The Morgan fingerprint density at radius 3 is 1.81 bits per heavy atom. The number of halogens is 1. The van der Waals surface area contributed by atoms with Crippen LogP contribution in [0, 0.1) is 0 Å². The molecular weight excluding hydrogens is 956 g/mol. The molecule has 62 heavy (non-hydrogen) atoms. The first-order chi connectivity index (χ1) is 28.5. The van der Waals surface area contributed by atoms with Gasteiger partial charge < -0.3 is 31.3 Å². The predicted octanol–water partition coefficient (Wildman–Crippen LogP) is 2.33. The fraction of sp³-hybridized carbons (Fsp3) is 0.133. The van der Waals surface area contributed by atoms with Crippen LogP contribution in [-0.2, 0) is 55.1 Å². The number of phenols is 1. The first-order valence-corrected chi connectivity index (χ1v) is 23.7. The number of nitrogens with zero attached hydrogens (tertiary/aromatic N) is 5. The molecule has 1 heterocycles. The number of aromatic nitrogens is 3. The summed E-state index contributed by atoms with van der Waals surface area (Å²) in [5.74, 6) is -2.86. The number of sulfone groups is 1. The molecule has 0 saturated heterocycles. The van der Waals surface area contributed by atoms with Gasteiger partial charge in [0.15, 0.2) is 5.75 Å². The Morgan fingerprint density at radius 2 is 1.29 bits per heavy atom. The highest BCUT2D eigenvalue weighted by Gasteiger charge is 2.55. The summed E-state index contributed by atoms with van der Waals surface area (Å²) in [6, 6.07) is 8.67. The highest BCUT2D eigenvalue weighted by atomic mass is 35.5. The molecule has 0 aliphatic carbocycles. The Labute approximate surface area is 354 Å². The highest BCUT2D eigenvalue weighted by molar-refractivity contribution is 8.08. The highest BCUT2D eigenvalue weighted by Crippen LogP contribution is 2.46. The molecule has 0 bridgehead atoms. The van der Waals surface area contributed by atoms with E-state index >= 15 is 0 Å². The zero-order chi connectivity index (χ0) is 46.4. The van der Waals surface area contributed by atoms with E-state index in [0.29, 0.717) is 18.2 Å². The van der Waals surface area contributed by atoms with E-state index in [9.17, 15) is 80.4 Å². The van der Waals surface area contributed by atoms with Crippen molar-refractivity contribution in [3.05, 3.63) is 65.9 Å². The van der Waals surface area contributed by atoms with Crippen LogP contribution in [0.3, 0.4) is 0 Å². The molecule has 1 aromatic heterocycles. The number of carbonyl (C=O) groups excluding carboxylic acids is 1. The molecule has 0 fully saturated rings. The van der Waals surface area contributed by atoms with E-state index in [-0.39, 0.29) is 11.4 Å². The van der Waals surface area contributed by atoms with Crippen molar-refractivity contribution in [1.82, 2.24) is 15.0 Å². The summed E-state index contributed by atoms with van der Waals surface area (Å²) in [6.07, 6.45) is 0. The van der Waals surface area contributed by atoms with Crippen LogP contribution in [0.4, 0.5) is 40.3 Å². The molecule has 0 aliphatic rings. The summed E-state index contributed by atoms with van der Waals surface area (Å²) in [6.45, 7) is -2.48. The number of aliphatic hydroxyl groups excluding tert-OH is 2. The molecule has 5 rings (SSSR count). The van der Waals surface area contributed by atoms with Crippen molar-refractivity contribution >= 4 is 119 Å². The second kappa shape index (κ2) is 16.9. The minimum atomic E-state index is -5.61. The lowest BCUT2D eigenvalue weighted by atomic mass is 10.1. The van der Waals surface area contributed by atoms with Gasteiger partial charge in [-0.15, -0.1) is 10.2 Å². The van der Waals surface area contributed by atoms with Crippen LogP contribution in [0.1, 0.15) is 6.92 Å². The molecule has 32 heteroatoms. The van der Waals surface area contributed by atoms with Gasteiger partial charge in [-0.05, 0) is 71.6 Å². The van der Waals surface area contributed by atoms with Crippen molar-refractivity contribution in [2.75, 3.05) is 29.2 Å². The van der Waals surface area contributed by atoms with Gasteiger partial charge in [-0.2, -0.15) is 48.6 Å². The Balaban J connectivity index is 1.57. The number of anilines is 5. The lowest BCUT2D eigenvalue weighted by Crippen LogP contribution is -2.52. The third kappa shape index (κ3) is 9.72. The minimum absolute atomic E-state index is 0.163. The van der Waals surface area contributed by atoms with Crippen molar-refractivity contribution in [2.45, 2.75) is 30.6 Å². The first-order valence-electron chi connectivity index (χ1n) is 16.1. The van der Waals surface area contributed by atoms with Gasteiger partial charge >= 0.3 is 0 Å². The first kappa shape index (κ1) is 47.5. The molecule has 0 saturated carbocycles. The third-order valence-corrected chi connectivity index (χ3v) is 15.6. The second-order valence-corrected chi connectivity index (χ2v) is 21.2. The van der Waals surface area contributed by atoms with Crippen LogP contribution < -0.4 is 16.0 Å². The van der Waals surface area contributed by atoms with Gasteiger partial charge in [-0.1, -0.05) is 6.07 Å². The van der Waals surface area contributed by atoms with Crippen LogP contribution in [0.25, 0.3) is 10.8 Å². The zero-order valence-corrected chi connectivity index (χ0v) is 35.3. The number of carbonyl (C=O) groups is 1. The normalized spacial score (nSPS) is 13.0. The smallest absolute Gasteiger partial charge is 0.296 e. The van der Waals surface area contributed by atoms with E-state index in [1.165, 1.54) is 6.07 Å². The summed E-state index contributed by atoms with van der Waals surface area (Å²) in [4.78, 5) is 19.8. The van der Waals surface area contributed by atoms with Gasteiger partial charge in [0.05, 0.1) is 28.7 Å². The number of fused-ring (bicyclic) bond motifs is 1. The van der Waals surface area contributed by atoms with Crippen molar-refractivity contribution in [3.63, 3.8) is 0 Å². The molecule has 10 N–H and O–H groups in total. The number of phenolic OH excluding ortho intramolecular Hbond substituents is 1. The summed E-state index contributed by atoms with van der Waals surface area (Å²) < 4.78 is 160. The number of benzene rings is 4. The molecule has 0 unspecified atom stereocenters. The lowest BCUT2D eigenvalue weighted by Gasteiger charge is -2.26. The number of aromatic hydroxyl groups is 1. The van der Waals surface area contributed by atoms with Crippen LogP contribution in [0.15, 0.2) is 90.5 Å². The molecule has 1 amide bonds. The molecular formula is C30H27ClN8O18S5. The van der Waals surface area contributed by atoms with Gasteiger partial charge in [0.25, 0.3) is 40.5 Å². The lowest BCUT2D eigenvalue weighted by molar-refractivity contribution is -0.114. The quantitative estimate of drug-likeness (QED) is 0.0531. The van der Waals surface area contributed by atoms with Gasteiger partial charge in [-0.3, -0.25) is 23.0 Å². The van der Waals surface area contributed by atoms with Crippen LogP contribution in [0.2, 0.25) is 5.28 Å². The summed E-state index contributed by atoms with van der Waals surface area (Å²) >= 11 is 6.05. The Hall–Kier alpha value is -5.58. The summed E-state index contributed by atoms with van der Waals surface area (Å²) in [7, 11) is -26.4. The van der Waals surface area contributed by atoms with E-state index in [2.05, 4.69) is 41.1 Å². The standard InChI is InChI=1S/C30H27ClN8O18S5/c1-14(42)32-21-11-19(59(46,47)48)7-15-8-23(61(52,53)54)25(26(43)24(15)21)39-38-20-10-17(5-6-22(20)60(49,50)51)34-29-36-27(31)35-28(37-29)33-16-3-2-4-18(9-16)58(44,45)30(12-40,13-41)62(55,56)57/h2-11,40-41,43H,12-13H2,1H3,(H,32,42)(H,46,47,48)(H,49,50,51)(H,52,53,54)(H,55,56,57)(H2,33,34,35,36,37). The number of amides is 1. The fourth-order valence-corrected chi connectivity index (χ4v) is 10.4. The topological polar surface area (TPSA) is 429 Å². The van der Waals surface area contributed by atoms with Crippen LogP contribution in [0.5, 0.6) is 5.75 Å². The van der Waals surface area contributed by atoms with Gasteiger partial charge in [-0.25, -0.2) is 8.42 Å². The average molecular weight is 983 g/mol. The molecule has 0 atom stereocenters. The van der Waals surface area contributed by atoms with Crippen molar-refractivity contribution in [1.29, 1.82) is 0 Å². The number of azo groups is 1. The maximum absolute atomic E-state index is 13.2. The fourth-order valence-electron chi connectivity index (χ4n) is 5.38. The molecule has 332 valence electrons. The predicted molar refractivity (Wildman–Crippen MR) is 213 cm³/mol. The van der Waals surface area contributed by atoms with Crippen LogP contribution in [-0.4, -0.2) is 114 Å². The van der Waals surface area contributed by atoms with E-state index in [0.717, 1.165) is 43.3 Å². The van der Waals surface area contributed by atoms with E-state index in [1.54, 1.807) is 0 Å². The number of aliphatic hydroxyl groups is 2. The van der Waals surface area contributed by atoms with Crippen molar-refractivity contribution < 1.29 is 80.4 Å². The Bertz CT molecular complexity index is 3280. The Morgan fingerprint density at radius 1 is 0.710 bits per heavy atom. The van der Waals surface area contributed by atoms with Crippen molar-refractivity contribution in [3.8, 4) is 5.75 Å². The maximum Gasteiger partial charge on any atom is 0.296 e. The van der Waals surface area contributed by atoms with E-state index in [4.69, 9.17) is 11.6 Å². The van der Waals surface area contributed by atoms with Crippen molar-refractivity contribution in [2.24, 2.45) is 10.2 Å². The molecule has 4 aromatic carbocycles. The van der Waals surface area contributed by atoms with Gasteiger partial charge in [0.2, 0.25) is 37.0 Å². The number of rotatable bonds is 15. The molecule has 0 spiro atoms. The number of hydrogen-bond acceptors (Lipinski definition) is 21. The summed E-state index contributed by atoms with van der Waals surface area (Å²) in [5.41, 5.74) is -2.73. The SMILES string of the molecule is CC(=O)Nc1cc(S(=O)(=O)O)cc2cc(S(=O)(=O)O)c(N=Nc3cc(Nc4nc(Cl)nc(Nc5cccc(S(=O)(=O)C(CO)(CO)S(=O)(=O)O)c5)n4)ccc3S(=O)(=O)O)c(O)c12.